The van der Waals surface area contributed by atoms with Gasteiger partial charge in [0.05, 0.1) is 34.2 Å². The molecule has 8 nitrogen and oxygen atoms in total. The molecular weight excluding hydrogens is 477 g/mol. The molecule has 0 unspecified atom stereocenters. The van der Waals surface area contributed by atoms with Crippen molar-refractivity contribution in [2.75, 3.05) is 18.1 Å². The molecule has 10 heteroatoms. The fourth-order valence-corrected chi connectivity index (χ4v) is 4.05. The van der Waals surface area contributed by atoms with Gasteiger partial charge in [0.15, 0.2) is 0 Å². The van der Waals surface area contributed by atoms with Gasteiger partial charge in [-0.25, -0.2) is 14.8 Å². The van der Waals surface area contributed by atoms with E-state index in [1.165, 1.54) is 12.4 Å². The van der Waals surface area contributed by atoms with Crippen molar-refractivity contribution in [3.05, 3.63) is 71.0 Å². The number of rotatable bonds is 9. The van der Waals surface area contributed by atoms with Crippen molar-refractivity contribution in [3.8, 4) is 11.4 Å². The van der Waals surface area contributed by atoms with Crippen LogP contribution in [0.25, 0.3) is 16.6 Å². The Morgan fingerprint density at radius 1 is 1.21 bits per heavy atom. The lowest BCUT2D eigenvalue weighted by Gasteiger charge is -2.29. The number of nitrogens with zero attached hydrogens (tertiary/aromatic N) is 5. The minimum absolute atomic E-state index is 0.0379. The number of carboxylic acid groups (broad SMARTS) is 1. The Hall–Kier alpha value is -3.36. The van der Waals surface area contributed by atoms with Crippen LogP contribution in [0.15, 0.2) is 55.4 Å². The quantitative estimate of drug-likeness (QED) is 0.303. The maximum absolute atomic E-state index is 11.4. The van der Waals surface area contributed by atoms with E-state index < -0.39 is 5.97 Å². The summed E-state index contributed by atoms with van der Waals surface area (Å²) in [7, 11) is 0. The molecule has 0 amide bonds. The smallest absolute Gasteiger partial charge is 0.341 e. The summed E-state index contributed by atoms with van der Waals surface area (Å²) in [5.74, 6) is -0.0356. The summed E-state index contributed by atoms with van der Waals surface area (Å²) in [6.45, 7) is 5.12. The highest BCUT2D eigenvalue weighted by atomic mass is 35.5. The molecule has 4 aromatic rings. The first kappa shape index (κ1) is 23.8. The predicted molar refractivity (Wildman–Crippen MR) is 133 cm³/mol. The Morgan fingerprint density at radius 2 is 2.03 bits per heavy atom. The van der Waals surface area contributed by atoms with Crippen molar-refractivity contribution in [3.63, 3.8) is 0 Å². The maximum Gasteiger partial charge on any atom is 0.341 e. The normalized spacial score (nSPS) is 11.2. The van der Waals surface area contributed by atoms with E-state index in [0.29, 0.717) is 40.9 Å². The minimum Gasteiger partial charge on any atom is -0.492 e. The number of ether oxygens (including phenoxy) is 1. The summed E-state index contributed by atoms with van der Waals surface area (Å²) in [4.78, 5) is 26.4. The third-order valence-corrected chi connectivity index (χ3v) is 6.14. The van der Waals surface area contributed by atoms with Crippen LogP contribution in [-0.4, -0.2) is 49.8 Å². The van der Waals surface area contributed by atoms with Gasteiger partial charge in [0.1, 0.15) is 17.1 Å². The van der Waals surface area contributed by atoms with Crippen molar-refractivity contribution in [1.82, 2.24) is 19.5 Å². The van der Waals surface area contributed by atoms with E-state index in [-0.39, 0.29) is 11.6 Å². The van der Waals surface area contributed by atoms with E-state index >= 15 is 0 Å². The molecular formula is C24H23Cl2N5O3. The Morgan fingerprint density at radius 3 is 2.74 bits per heavy atom. The molecule has 0 aliphatic heterocycles. The Labute approximate surface area is 206 Å². The van der Waals surface area contributed by atoms with Crippen molar-refractivity contribution in [2.45, 2.75) is 26.3 Å². The van der Waals surface area contributed by atoms with Crippen LogP contribution in [0.5, 0.6) is 5.75 Å². The van der Waals surface area contributed by atoms with Crippen molar-refractivity contribution in [1.29, 1.82) is 0 Å². The zero-order valence-corrected chi connectivity index (χ0v) is 20.2. The summed E-state index contributed by atoms with van der Waals surface area (Å²) in [5.41, 5.74) is 1.54. The molecule has 0 saturated carbocycles. The van der Waals surface area contributed by atoms with E-state index in [2.05, 4.69) is 28.7 Å². The van der Waals surface area contributed by atoms with Gasteiger partial charge >= 0.3 is 5.97 Å². The summed E-state index contributed by atoms with van der Waals surface area (Å²) in [6.07, 6.45) is 8.73. The monoisotopic (exact) mass is 499 g/mol. The Kier molecular flexibility index (Phi) is 7.19. The number of hydrogen-bond donors (Lipinski definition) is 1. The van der Waals surface area contributed by atoms with Crippen LogP contribution >= 0.6 is 23.2 Å². The number of aromatic nitrogens is 4. The lowest BCUT2D eigenvalue weighted by molar-refractivity contribution is 0.0691. The molecule has 34 heavy (non-hydrogen) atoms. The van der Waals surface area contributed by atoms with Gasteiger partial charge < -0.3 is 19.3 Å². The third-order valence-electron chi connectivity index (χ3n) is 5.35. The van der Waals surface area contributed by atoms with Crippen LogP contribution in [0, 0.1) is 0 Å². The third kappa shape index (κ3) is 4.93. The molecule has 176 valence electrons. The summed E-state index contributed by atoms with van der Waals surface area (Å²) in [5, 5.41) is 11.0. The van der Waals surface area contributed by atoms with E-state index in [1.807, 2.05) is 22.9 Å². The van der Waals surface area contributed by atoms with Gasteiger partial charge in [0.25, 0.3) is 0 Å². The minimum atomic E-state index is -1.07. The van der Waals surface area contributed by atoms with E-state index in [9.17, 15) is 9.90 Å². The van der Waals surface area contributed by atoms with E-state index in [1.54, 1.807) is 24.7 Å². The number of carboxylic acids is 1. The average Bonchev–Trinajstić information content (AvgIpc) is 3.36. The van der Waals surface area contributed by atoms with Crippen molar-refractivity contribution >= 4 is 45.9 Å². The fraction of sp³-hybridized carbons (Fsp3) is 0.250. The number of hydrogen-bond acceptors (Lipinski definition) is 6. The van der Waals surface area contributed by atoms with Gasteiger partial charge in [-0.1, -0.05) is 23.2 Å². The zero-order chi connectivity index (χ0) is 24.2. The van der Waals surface area contributed by atoms with Gasteiger partial charge in [-0.2, -0.15) is 0 Å². The zero-order valence-electron chi connectivity index (χ0n) is 18.7. The molecule has 4 rings (SSSR count). The molecule has 3 heterocycles. The van der Waals surface area contributed by atoms with Crippen LogP contribution in [-0.2, 0) is 0 Å². The second-order valence-electron chi connectivity index (χ2n) is 7.89. The number of fused-ring (bicyclic) bond motifs is 1. The molecule has 0 saturated heterocycles. The molecule has 0 aliphatic carbocycles. The molecule has 1 N–H and O–H groups in total. The van der Waals surface area contributed by atoms with Crippen LogP contribution < -0.4 is 9.64 Å². The van der Waals surface area contributed by atoms with Gasteiger partial charge in [-0.3, -0.25) is 4.98 Å². The first-order chi connectivity index (χ1) is 16.4. The molecule has 0 atom stereocenters. The van der Waals surface area contributed by atoms with Crippen LogP contribution in [0.4, 0.5) is 5.82 Å². The van der Waals surface area contributed by atoms with Crippen molar-refractivity contribution < 1.29 is 14.6 Å². The summed E-state index contributed by atoms with van der Waals surface area (Å²) >= 11 is 12.8. The number of halogens is 2. The fourth-order valence-electron chi connectivity index (χ4n) is 3.69. The summed E-state index contributed by atoms with van der Waals surface area (Å²) in [6, 6.07) is 7.35. The summed E-state index contributed by atoms with van der Waals surface area (Å²) < 4.78 is 7.65. The largest absolute Gasteiger partial charge is 0.492 e. The van der Waals surface area contributed by atoms with Gasteiger partial charge in [0.2, 0.25) is 0 Å². The van der Waals surface area contributed by atoms with Crippen LogP contribution in [0.2, 0.25) is 10.0 Å². The maximum atomic E-state index is 11.4. The molecule has 0 spiro atoms. The Bertz CT molecular complexity index is 1310. The first-order valence-electron chi connectivity index (χ1n) is 10.7. The Balaban J connectivity index is 1.61. The number of benzene rings is 1. The number of imidazole rings is 1. The van der Waals surface area contributed by atoms with E-state index in [4.69, 9.17) is 32.9 Å². The highest BCUT2D eigenvalue weighted by molar-refractivity contribution is 6.45. The highest BCUT2D eigenvalue weighted by Gasteiger charge is 2.18. The number of aromatic carboxylic acids is 1. The second kappa shape index (κ2) is 10.3. The number of pyridine rings is 2. The van der Waals surface area contributed by atoms with Gasteiger partial charge in [-0.05, 0) is 38.5 Å². The first-order valence-corrected chi connectivity index (χ1v) is 11.5. The van der Waals surface area contributed by atoms with Gasteiger partial charge in [0, 0.05) is 48.8 Å². The van der Waals surface area contributed by atoms with Crippen molar-refractivity contribution in [2.24, 2.45) is 0 Å². The molecule has 0 bridgehead atoms. The number of anilines is 1. The highest BCUT2D eigenvalue weighted by Crippen LogP contribution is 2.35. The van der Waals surface area contributed by atoms with Crippen LogP contribution in [0.3, 0.4) is 0 Å². The molecule has 0 aliphatic rings. The average molecular weight is 500 g/mol. The van der Waals surface area contributed by atoms with E-state index in [0.717, 1.165) is 16.9 Å². The lowest BCUT2D eigenvalue weighted by atomic mass is 10.1. The van der Waals surface area contributed by atoms with Crippen LogP contribution in [0.1, 0.15) is 30.6 Å². The predicted octanol–water partition coefficient (Wildman–Crippen LogP) is 5.50. The SMILES string of the molecule is CC(C)N(CCCOc1ccncc1C(=O)O)c1cc(-n2ccnc2)c2ccc(Cl)c(Cl)c2n1. The molecule has 0 fully saturated rings. The number of carbonyl (C=O) groups is 1. The molecule has 0 radical (unpaired) electrons. The topological polar surface area (TPSA) is 93.4 Å². The van der Waals surface area contributed by atoms with Gasteiger partial charge in [-0.15, -0.1) is 0 Å². The molecule has 1 aromatic carbocycles. The molecule has 3 aromatic heterocycles. The standard InChI is InChI=1S/C24H23Cl2N5O3/c1-15(2)31(9-3-11-34-20-6-7-27-13-17(20)24(32)33)21-12-19(30-10-8-28-14-30)16-4-5-18(25)22(26)23(16)29-21/h4-8,10,12-15H,3,9,11H2,1-2H3,(H,32,33). The lowest BCUT2D eigenvalue weighted by Crippen LogP contribution is -2.33. The second-order valence-corrected chi connectivity index (χ2v) is 8.68.